The lowest BCUT2D eigenvalue weighted by molar-refractivity contribution is 0.0991. The number of aryl methyl sites for hydroxylation is 1. The average Bonchev–Trinajstić information content (AvgIpc) is 3.04. The van der Waals surface area contributed by atoms with Gasteiger partial charge in [-0.3, -0.25) is 4.79 Å². The number of anilines is 1. The van der Waals surface area contributed by atoms with E-state index in [9.17, 15) is 9.59 Å². The van der Waals surface area contributed by atoms with Crippen LogP contribution in [0.15, 0.2) is 54.6 Å². The van der Waals surface area contributed by atoms with Crippen LogP contribution in [0.4, 0.5) is 10.5 Å². The summed E-state index contributed by atoms with van der Waals surface area (Å²) in [5.74, 6) is -0.259. The number of benzene rings is 2. The predicted molar refractivity (Wildman–Crippen MR) is 107 cm³/mol. The molecule has 1 amide bonds. The molecule has 3 rings (SSSR count). The number of hydrogen-bond acceptors (Lipinski definition) is 4. The van der Waals surface area contributed by atoms with Crippen molar-refractivity contribution in [3.05, 3.63) is 70.7 Å². The third-order valence-corrected chi connectivity index (χ3v) is 5.26. The topological polar surface area (TPSA) is 66.8 Å². The van der Waals surface area contributed by atoms with Crippen LogP contribution in [-0.2, 0) is 0 Å². The standard InChI is InChI=1S/C20H16ClNO4S/c1-12-3-5-14(6-4-12)18(23)22(2)16-11-17(27-19(16)26-20(24)25)13-7-9-15(21)10-8-13/h3-11H,1-2H3,(H,24,25). The number of carbonyl (C=O) groups is 2. The summed E-state index contributed by atoms with van der Waals surface area (Å²) < 4.78 is 4.91. The Morgan fingerprint density at radius 2 is 1.70 bits per heavy atom. The number of ether oxygens (including phenoxy) is 1. The van der Waals surface area contributed by atoms with Gasteiger partial charge in [-0.15, -0.1) is 0 Å². The van der Waals surface area contributed by atoms with Crippen molar-refractivity contribution in [2.45, 2.75) is 6.92 Å². The van der Waals surface area contributed by atoms with Crippen LogP contribution in [0.5, 0.6) is 5.06 Å². The highest BCUT2D eigenvalue weighted by molar-refractivity contribution is 7.18. The molecule has 1 heterocycles. The Kier molecular flexibility index (Phi) is 5.48. The summed E-state index contributed by atoms with van der Waals surface area (Å²) in [6, 6.07) is 16.0. The van der Waals surface area contributed by atoms with Gasteiger partial charge in [-0.05, 0) is 42.8 Å². The van der Waals surface area contributed by atoms with E-state index < -0.39 is 6.16 Å². The lowest BCUT2D eigenvalue weighted by Gasteiger charge is -2.17. The van der Waals surface area contributed by atoms with Crippen molar-refractivity contribution in [2.75, 3.05) is 11.9 Å². The molecular formula is C20H16ClNO4S. The zero-order chi connectivity index (χ0) is 19.6. The number of rotatable bonds is 4. The summed E-state index contributed by atoms with van der Waals surface area (Å²) in [6.07, 6.45) is -1.43. The van der Waals surface area contributed by atoms with E-state index >= 15 is 0 Å². The van der Waals surface area contributed by atoms with Crippen molar-refractivity contribution in [2.24, 2.45) is 0 Å². The minimum atomic E-state index is -1.43. The minimum absolute atomic E-state index is 0.135. The molecule has 0 aliphatic rings. The van der Waals surface area contributed by atoms with Crippen molar-refractivity contribution in [1.82, 2.24) is 0 Å². The molecule has 2 aromatic carbocycles. The molecule has 3 aromatic rings. The maximum atomic E-state index is 12.8. The second-order valence-corrected chi connectivity index (χ2v) is 7.34. The van der Waals surface area contributed by atoms with Crippen molar-refractivity contribution >= 4 is 40.7 Å². The van der Waals surface area contributed by atoms with Crippen molar-refractivity contribution < 1.29 is 19.4 Å². The summed E-state index contributed by atoms with van der Waals surface area (Å²) >= 11 is 7.07. The van der Waals surface area contributed by atoms with Crippen LogP contribution in [0.2, 0.25) is 5.02 Å². The first-order valence-electron chi connectivity index (χ1n) is 8.00. The van der Waals surface area contributed by atoms with Crippen LogP contribution in [0, 0.1) is 6.92 Å². The number of halogens is 1. The van der Waals surface area contributed by atoms with Crippen molar-refractivity contribution in [1.29, 1.82) is 0 Å². The molecule has 27 heavy (non-hydrogen) atoms. The van der Waals surface area contributed by atoms with Gasteiger partial charge in [-0.1, -0.05) is 52.8 Å². The van der Waals surface area contributed by atoms with Crippen LogP contribution in [-0.4, -0.2) is 24.2 Å². The summed E-state index contributed by atoms with van der Waals surface area (Å²) in [7, 11) is 1.59. The lowest BCUT2D eigenvalue weighted by Crippen LogP contribution is -2.26. The maximum Gasteiger partial charge on any atom is 0.512 e. The third kappa shape index (κ3) is 4.30. The second kappa shape index (κ2) is 7.82. The first kappa shape index (κ1) is 18.9. The Labute approximate surface area is 165 Å². The van der Waals surface area contributed by atoms with E-state index in [1.165, 1.54) is 4.90 Å². The van der Waals surface area contributed by atoms with Crippen LogP contribution >= 0.6 is 22.9 Å². The van der Waals surface area contributed by atoms with Gasteiger partial charge in [0.2, 0.25) is 5.06 Å². The zero-order valence-corrected chi connectivity index (χ0v) is 16.2. The molecule has 138 valence electrons. The molecule has 7 heteroatoms. The SMILES string of the molecule is Cc1ccc(C(=O)N(C)c2cc(-c3ccc(Cl)cc3)sc2OC(=O)O)cc1. The number of carbonyl (C=O) groups excluding carboxylic acids is 1. The third-order valence-electron chi connectivity index (χ3n) is 3.95. The van der Waals surface area contributed by atoms with Crippen molar-refractivity contribution in [3.8, 4) is 15.5 Å². The van der Waals surface area contributed by atoms with Gasteiger partial charge in [0.25, 0.3) is 5.91 Å². The largest absolute Gasteiger partial charge is 0.512 e. The molecule has 0 aliphatic heterocycles. The maximum absolute atomic E-state index is 12.8. The highest BCUT2D eigenvalue weighted by Gasteiger charge is 2.22. The first-order valence-corrected chi connectivity index (χ1v) is 9.20. The fraction of sp³-hybridized carbons (Fsp3) is 0.100. The second-order valence-electron chi connectivity index (χ2n) is 5.89. The molecule has 0 unspecified atom stereocenters. The van der Waals surface area contributed by atoms with E-state index in [4.69, 9.17) is 21.4 Å². The van der Waals surface area contributed by atoms with E-state index in [2.05, 4.69) is 0 Å². The van der Waals surface area contributed by atoms with E-state index in [1.807, 2.05) is 31.2 Å². The molecule has 0 saturated heterocycles. The van der Waals surface area contributed by atoms with Gasteiger partial charge < -0.3 is 14.7 Å². The molecule has 0 bridgehead atoms. The van der Waals surface area contributed by atoms with Gasteiger partial charge in [0.1, 0.15) is 0 Å². The fourth-order valence-corrected chi connectivity index (χ4v) is 3.67. The molecular weight excluding hydrogens is 386 g/mol. The van der Waals surface area contributed by atoms with Gasteiger partial charge in [-0.2, -0.15) is 0 Å². The quantitative estimate of drug-likeness (QED) is 0.568. The molecule has 0 saturated carbocycles. The Bertz CT molecular complexity index is 980. The molecule has 0 radical (unpaired) electrons. The summed E-state index contributed by atoms with van der Waals surface area (Å²) in [4.78, 5) is 26.0. The first-order chi connectivity index (χ1) is 12.8. The van der Waals surface area contributed by atoms with E-state index in [0.717, 1.165) is 27.3 Å². The Morgan fingerprint density at radius 3 is 2.30 bits per heavy atom. The Hall–Kier alpha value is -2.83. The monoisotopic (exact) mass is 401 g/mol. The van der Waals surface area contributed by atoms with E-state index in [-0.39, 0.29) is 11.0 Å². The molecule has 1 N–H and O–H groups in total. The number of amides is 1. The minimum Gasteiger partial charge on any atom is -0.449 e. The normalized spacial score (nSPS) is 10.5. The van der Waals surface area contributed by atoms with Gasteiger partial charge in [-0.25, -0.2) is 4.79 Å². The summed E-state index contributed by atoms with van der Waals surface area (Å²) in [6.45, 7) is 1.94. The van der Waals surface area contributed by atoms with Crippen LogP contribution in [0.1, 0.15) is 15.9 Å². The number of hydrogen-bond donors (Lipinski definition) is 1. The number of thiophene rings is 1. The molecule has 0 aliphatic carbocycles. The zero-order valence-electron chi connectivity index (χ0n) is 14.6. The molecule has 5 nitrogen and oxygen atoms in total. The van der Waals surface area contributed by atoms with Gasteiger partial charge >= 0.3 is 6.16 Å². The van der Waals surface area contributed by atoms with Crippen LogP contribution < -0.4 is 9.64 Å². The van der Waals surface area contributed by atoms with Gasteiger partial charge in [0.05, 0.1) is 5.69 Å². The highest BCUT2D eigenvalue weighted by atomic mass is 35.5. The molecule has 0 fully saturated rings. The summed E-state index contributed by atoms with van der Waals surface area (Å²) in [5, 5.41) is 9.77. The highest BCUT2D eigenvalue weighted by Crippen LogP contribution is 2.43. The molecule has 0 atom stereocenters. The predicted octanol–water partition coefficient (Wildman–Crippen LogP) is 5.71. The van der Waals surface area contributed by atoms with E-state index in [0.29, 0.717) is 16.3 Å². The fourth-order valence-electron chi connectivity index (χ4n) is 2.51. The van der Waals surface area contributed by atoms with Gasteiger partial charge in [0, 0.05) is 22.5 Å². The summed E-state index contributed by atoms with van der Waals surface area (Å²) in [5.41, 5.74) is 2.79. The Balaban J connectivity index is 1.99. The molecule has 0 spiro atoms. The number of nitrogens with zero attached hydrogens (tertiary/aromatic N) is 1. The smallest absolute Gasteiger partial charge is 0.449 e. The lowest BCUT2D eigenvalue weighted by atomic mass is 10.1. The van der Waals surface area contributed by atoms with Crippen LogP contribution in [0.25, 0.3) is 10.4 Å². The van der Waals surface area contributed by atoms with Gasteiger partial charge in [0.15, 0.2) is 0 Å². The average molecular weight is 402 g/mol. The molecule has 1 aromatic heterocycles. The number of carboxylic acid groups (broad SMARTS) is 1. The van der Waals surface area contributed by atoms with Crippen LogP contribution in [0.3, 0.4) is 0 Å². The van der Waals surface area contributed by atoms with E-state index in [1.54, 1.807) is 37.4 Å². The van der Waals surface area contributed by atoms with Crippen molar-refractivity contribution in [3.63, 3.8) is 0 Å². The Morgan fingerprint density at radius 1 is 1.07 bits per heavy atom.